The van der Waals surface area contributed by atoms with E-state index in [0.717, 1.165) is 5.56 Å². The van der Waals surface area contributed by atoms with Gasteiger partial charge in [0.1, 0.15) is 18.5 Å². The summed E-state index contributed by atoms with van der Waals surface area (Å²) >= 11 is 0. The molecular weight excluding hydrogens is 458 g/mol. The van der Waals surface area contributed by atoms with E-state index in [1.54, 1.807) is 30.1 Å². The third-order valence-corrected chi connectivity index (χ3v) is 6.89. The topological polar surface area (TPSA) is 97.0 Å². The molecule has 0 aromatic heterocycles. The highest BCUT2D eigenvalue weighted by Crippen LogP contribution is 2.32. The lowest BCUT2D eigenvalue weighted by molar-refractivity contribution is -0.134. The summed E-state index contributed by atoms with van der Waals surface area (Å²) in [7, 11) is 1.77. The zero-order valence-electron chi connectivity index (χ0n) is 21.3. The molecule has 4 atom stereocenters. The first-order chi connectivity index (χ1) is 17.2. The molecule has 2 aliphatic heterocycles. The van der Waals surface area contributed by atoms with Gasteiger partial charge in [0.25, 0.3) is 5.91 Å². The van der Waals surface area contributed by atoms with E-state index in [0.29, 0.717) is 29.8 Å². The lowest BCUT2D eigenvalue weighted by Gasteiger charge is -2.42. The number of hydrogen-bond donors (Lipinski definition) is 2. The first-order valence-electron chi connectivity index (χ1n) is 12.6. The molecule has 0 aliphatic carbocycles. The van der Waals surface area contributed by atoms with E-state index in [4.69, 9.17) is 9.47 Å². The van der Waals surface area contributed by atoms with Crippen LogP contribution in [0.4, 0.5) is 5.69 Å². The number of nitrogens with one attached hydrogen (secondary N) is 2. The number of rotatable bonds is 6. The average Bonchev–Trinajstić information content (AvgIpc) is 2.86. The Morgan fingerprint density at radius 1 is 1.08 bits per heavy atom. The Bertz CT molecular complexity index is 1100. The number of amides is 3. The van der Waals surface area contributed by atoms with Crippen LogP contribution < -0.4 is 15.4 Å². The van der Waals surface area contributed by atoms with Gasteiger partial charge in [-0.05, 0) is 43.5 Å². The van der Waals surface area contributed by atoms with Gasteiger partial charge in [0, 0.05) is 18.7 Å². The fourth-order valence-corrected chi connectivity index (χ4v) is 4.72. The maximum atomic E-state index is 13.3. The number of ether oxygens (including phenoxy) is 2. The van der Waals surface area contributed by atoms with E-state index in [1.807, 2.05) is 51.1 Å². The molecule has 2 aromatic carbocycles. The fraction of sp³-hybridized carbons (Fsp3) is 0.464. The van der Waals surface area contributed by atoms with E-state index >= 15 is 0 Å². The van der Waals surface area contributed by atoms with Crippen LogP contribution in [0.1, 0.15) is 62.0 Å². The zero-order valence-corrected chi connectivity index (χ0v) is 21.3. The Balaban J connectivity index is 1.40. The number of nitrogens with zero attached hydrogens (tertiary/aromatic N) is 1. The fourth-order valence-electron chi connectivity index (χ4n) is 4.72. The summed E-state index contributed by atoms with van der Waals surface area (Å²) in [4.78, 5) is 39.8. The van der Waals surface area contributed by atoms with Crippen molar-refractivity contribution in [2.24, 2.45) is 5.92 Å². The molecule has 0 spiro atoms. The second-order valence-electron chi connectivity index (χ2n) is 9.93. The van der Waals surface area contributed by atoms with Crippen molar-refractivity contribution in [2.45, 2.75) is 64.3 Å². The monoisotopic (exact) mass is 493 g/mol. The van der Waals surface area contributed by atoms with Crippen LogP contribution in [0, 0.1) is 5.92 Å². The Morgan fingerprint density at radius 2 is 1.83 bits per heavy atom. The molecule has 2 N–H and O–H groups in total. The molecule has 36 heavy (non-hydrogen) atoms. The number of fused-ring (bicyclic) bond motifs is 2. The summed E-state index contributed by atoms with van der Waals surface area (Å²) in [5.41, 5.74) is 2.02. The molecule has 4 rings (SSSR count). The SMILES string of the molecule is CC(C)C(=O)Nc1ccc2c(c1)C(=O)N(C)[C@@H]1CC[C@H](CC(=O)N[C@H](C)c3ccccc3)O[C@@H]1CO2. The molecule has 0 saturated carbocycles. The number of hydrogen-bond acceptors (Lipinski definition) is 5. The van der Waals surface area contributed by atoms with Crippen molar-refractivity contribution in [3.63, 3.8) is 0 Å². The van der Waals surface area contributed by atoms with Crippen LogP contribution >= 0.6 is 0 Å². The van der Waals surface area contributed by atoms with Gasteiger partial charge < -0.3 is 25.0 Å². The molecule has 0 radical (unpaired) electrons. The van der Waals surface area contributed by atoms with E-state index in [2.05, 4.69) is 10.6 Å². The average molecular weight is 494 g/mol. The Hall–Kier alpha value is -3.39. The zero-order chi connectivity index (χ0) is 25.8. The summed E-state index contributed by atoms with van der Waals surface area (Å²) in [6.07, 6.45) is 1.05. The predicted octanol–water partition coefficient (Wildman–Crippen LogP) is 3.93. The lowest BCUT2D eigenvalue weighted by Crippen LogP contribution is -2.54. The molecule has 8 nitrogen and oxygen atoms in total. The summed E-state index contributed by atoms with van der Waals surface area (Å²) in [5, 5.41) is 5.89. The summed E-state index contributed by atoms with van der Waals surface area (Å²) in [6.45, 7) is 5.86. The minimum Gasteiger partial charge on any atom is -0.490 e. The highest BCUT2D eigenvalue weighted by atomic mass is 16.5. The van der Waals surface area contributed by atoms with Crippen molar-refractivity contribution in [2.75, 3.05) is 19.0 Å². The Labute approximate surface area is 212 Å². The van der Waals surface area contributed by atoms with Crippen molar-refractivity contribution in [3.05, 3.63) is 59.7 Å². The molecule has 0 bridgehead atoms. The van der Waals surface area contributed by atoms with Gasteiger partial charge in [0.15, 0.2) is 0 Å². The van der Waals surface area contributed by atoms with Crippen molar-refractivity contribution >= 4 is 23.4 Å². The molecule has 192 valence electrons. The summed E-state index contributed by atoms with van der Waals surface area (Å²) in [5.74, 6) is -0.0769. The van der Waals surface area contributed by atoms with Crippen molar-refractivity contribution in [1.29, 1.82) is 0 Å². The third kappa shape index (κ3) is 5.87. The summed E-state index contributed by atoms with van der Waals surface area (Å²) < 4.78 is 12.3. The van der Waals surface area contributed by atoms with Crippen LogP contribution in [0.15, 0.2) is 48.5 Å². The van der Waals surface area contributed by atoms with Crippen LogP contribution in [-0.4, -0.2) is 54.5 Å². The van der Waals surface area contributed by atoms with Gasteiger partial charge in [-0.25, -0.2) is 0 Å². The molecule has 0 unspecified atom stereocenters. The Morgan fingerprint density at radius 3 is 2.56 bits per heavy atom. The van der Waals surface area contributed by atoms with E-state index in [1.165, 1.54) is 0 Å². The molecule has 2 heterocycles. The first-order valence-corrected chi connectivity index (χ1v) is 12.6. The minimum absolute atomic E-state index is 0.0627. The van der Waals surface area contributed by atoms with Crippen molar-refractivity contribution in [3.8, 4) is 5.75 Å². The Kier molecular flexibility index (Phi) is 7.94. The van der Waals surface area contributed by atoms with Crippen molar-refractivity contribution in [1.82, 2.24) is 10.2 Å². The second-order valence-corrected chi connectivity index (χ2v) is 9.93. The number of carbonyl (C=O) groups is 3. The van der Waals surface area contributed by atoms with E-state index in [-0.39, 0.29) is 61.0 Å². The van der Waals surface area contributed by atoms with Gasteiger partial charge in [-0.1, -0.05) is 44.2 Å². The highest BCUT2D eigenvalue weighted by Gasteiger charge is 2.39. The standard InChI is InChI=1S/C28H35N3O5/c1-17(2)27(33)30-20-10-13-24-22(14-20)28(34)31(4)23-12-11-21(36-25(23)16-35-24)15-26(32)29-18(3)19-8-6-5-7-9-19/h5-10,13-14,17-18,21,23,25H,11-12,15-16H2,1-4H3,(H,29,32)(H,30,33)/t18-,21-,23-,25-/m1/s1. The molecule has 1 fully saturated rings. The summed E-state index contributed by atoms with van der Waals surface area (Å²) in [6, 6.07) is 14.7. The quantitative estimate of drug-likeness (QED) is 0.636. The minimum atomic E-state index is -0.342. The van der Waals surface area contributed by atoms with Gasteiger partial charge in [-0.2, -0.15) is 0 Å². The molecule has 1 saturated heterocycles. The van der Waals surface area contributed by atoms with Gasteiger partial charge in [-0.15, -0.1) is 0 Å². The maximum absolute atomic E-state index is 13.3. The predicted molar refractivity (Wildman–Crippen MR) is 137 cm³/mol. The van der Waals surface area contributed by atoms with E-state index < -0.39 is 0 Å². The van der Waals surface area contributed by atoms with Gasteiger partial charge in [0.05, 0.1) is 30.2 Å². The molecule has 2 aromatic rings. The second kappa shape index (κ2) is 11.1. The van der Waals surface area contributed by atoms with Crippen LogP contribution in [0.3, 0.4) is 0 Å². The maximum Gasteiger partial charge on any atom is 0.257 e. The highest BCUT2D eigenvalue weighted by molar-refractivity contribution is 6.00. The molecule has 8 heteroatoms. The number of anilines is 1. The molecule has 3 amide bonds. The van der Waals surface area contributed by atoms with Crippen LogP contribution in [0.2, 0.25) is 0 Å². The van der Waals surface area contributed by atoms with E-state index in [9.17, 15) is 14.4 Å². The largest absolute Gasteiger partial charge is 0.490 e. The first kappa shape index (κ1) is 25.7. The molecule has 2 aliphatic rings. The normalized spacial score (nSPS) is 22.4. The lowest BCUT2D eigenvalue weighted by atomic mass is 9.94. The van der Waals surface area contributed by atoms with Gasteiger partial charge in [-0.3, -0.25) is 14.4 Å². The van der Waals surface area contributed by atoms with Crippen LogP contribution in [-0.2, 0) is 14.3 Å². The number of carbonyl (C=O) groups excluding carboxylic acids is 3. The number of likely N-dealkylation sites (N-methyl/N-ethyl adjacent to an activating group) is 1. The van der Waals surface area contributed by atoms with Gasteiger partial charge >= 0.3 is 0 Å². The van der Waals surface area contributed by atoms with Gasteiger partial charge in [0.2, 0.25) is 11.8 Å². The third-order valence-electron chi connectivity index (χ3n) is 6.89. The molecular formula is C28H35N3O5. The number of benzene rings is 2. The van der Waals surface area contributed by atoms with Crippen LogP contribution in [0.25, 0.3) is 0 Å². The van der Waals surface area contributed by atoms with Crippen molar-refractivity contribution < 1.29 is 23.9 Å². The smallest absolute Gasteiger partial charge is 0.257 e. The van der Waals surface area contributed by atoms with Crippen LogP contribution in [0.5, 0.6) is 5.75 Å².